The highest BCUT2D eigenvalue weighted by molar-refractivity contribution is 5.77. The fourth-order valence-corrected chi connectivity index (χ4v) is 2.87. The van der Waals surface area contributed by atoms with E-state index in [2.05, 4.69) is 5.32 Å². The van der Waals surface area contributed by atoms with Crippen LogP contribution in [0.4, 0.5) is 0 Å². The lowest BCUT2D eigenvalue weighted by atomic mass is 10.2. The van der Waals surface area contributed by atoms with Gasteiger partial charge in [0, 0.05) is 6.54 Å². The summed E-state index contributed by atoms with van der Waals surface area (Å²) in [5.74, 6) is 3.03. The topological polar surface area (TPSA) is 69.3 Å². The van der Waals surface area contributed by atoms with Gasteiger partial charge >= 0.3 is 0 Å². The van der Waals surface area contributed by atoms with E-state index in [0.29, 0.717) is 32.8 Å². The largest absolute Gasteiger partial charge is 0.494 e. The molecule has 0 radical (unpaired) electrons. The Bertz CT molecular complexity index is 779. The van der Waals surface area contributed by atoms with E-state index < -0.39 is 0 Å². The van der Waals surface area contributed by atoms with Crippen molar-refractivity contribution < 1.29 is 23.7 Å². The normalized spacial score (nSPS) is 12.1. The molecule has 1 aliphatic heterocycles. The first-order valence-corrected chi connectivity index (χ1v) is 9.33. The summed E-state index contributed by atoms with van der Waals surface area (Å²) < 4.78 is 21.7. The van der Waals surface area contributed by atoms with Gasteiger partial charge in [-0.15, -0.1) is 0 Å². The molecule has 1 aliphatic rings. The highest BCUT2D eigenvalue weighted by Crippen LogP contribution is 2.32. The number of hydrogen-bond acceptors (Lipinski definition) is 6. The molecule has 7 heteroatoms. The number of amides is 1. The first kappa shape index (κ1) is 19.8. The predicted molar refractivity (Wildman–Crippen MR) is 105 cm³/mol. The summed E-state index contributed by atoms with van der Waals surface area (Å²) >= 11 is 0. The van der Waals surface area contributed by atoms with Crippen molar-refractivity contribution >= 4 is 5.91 Å². The molecule has 0 saturated carbocycles. The van der Waals surface area contributed by atoms with E-state index in [0.717, 1.165) is 28.6 Å². The monoisotopic (exact) mass is 386 g/mol. The number of ether oxygens (including phenoxy) is 4. The highest BCUT2D eigenvalue weighted by Gasteiger charge is 2.14. The number of nitrogens with zero attached hydrogens (tertiary/aromatic N) is 1. The molecule has 2 aromatic carbocycles. The van der Waals surface area contributed by atoms with Crippen LogP contribution in [0.1, 0.15) is 12.5 Å². The zero-order valence-corrected chi connectivity index (χ0v) is 16.3. The van der Waals surface area contributed by atoms with Crippen molar-refractivity contribution in [3.63, 3.8) is 0 Å². The molecule has 0 fully saturated rings. The van der Waals surface area contributed by atoms with Crippen LogP contribution in [0.3, 0.4) is 0 Å². The maximum Gasteiger partial charge on any atom is 0.234 e. The second-order valence-corrected chi connectivity index (χ2v) is 6.46. The minimum absolute atomic E-state index is 0.0430. The van der Waals surface area contributed by atoms with E-state index >= 15 is 0 Å². The van der Waals surface area contributed by atoms with Crippen LogP contribution in [-0.2, 0) is 11.3 Å². The van der Waals surface area contributed by atoms with Crippen LogP contribution in [-0.4, -0.2) is 51.0 Å². The second kappa shape index (κ2) is 9.85. The van der Waals surface area contributed by atoms with Gasteiger partial charge in [0.1, 0.15) is 18.1 Å². The van der Waals surface area contributed by atoms with E-state index in [1.54, 1.807) is 0 Å². The van der Waals surface area contributed by atoms with E-state index in [1.807, 2.05) is 61.3 Å². The number of hydrogen-bond donors (Lipinski definition) is 1. The molecule has 0 aromatic heterocycles. The maximum absolute atomic E-state index is 12.1. The van der Waals surface area contributed by atoms with Crippen LogP contribution in [0, 0.1) is 0 Å². The quantitative estimate of drug-likeness (QED) is 0.633. The number of nitrogens with one attached hydrogen (secondary N) is 1. The Kier molecular flexibility index (Phi) is 6.97. The minimum Gasteiger partial charge on any atom is -0.494 e. The van der Waals surface area contributed by atoms with Crippen LogP contribution >= 0.6 is 0 Å². The summed E-state index contributed by atoms with van der Waals surface area (Å²) in [4.78, 5) is 14.0. The first-order valence-electron chi connectivity index (χ1n) is 9.33. The fourth-order valence-electron chi connectivity index (χ4n) is 2.87. The van der Waals surface area contributed by atoms with Gasteiger partial charge in [-0.3, -0.25) is 9.69 Å². The molecule has 150 valence electrons. The first-order chi connectivity index (χ1) is 13.6. The predicted octanol–water partition coefficient (Wildman–Crippen LogP) is 2.44. The zero-order valence-electron chi connectivity index (χ0n) is 16.3. The molecule has 0 bridgehead atoms. The Morgan fingerprint density at radius 3 is 2.54 bits per heavy atom. The SMILES string of the molecule is CCOc1ccc(OCCNC(=O)CN(C)Cc2ccc3c(c2)OCO3)cc1. The summed E-state index contributed by atoms with van der Waals surface area (Å²) in [6.45, 7) is 4.64. The maximum atomic E-state index is 12.1. The molecule has 1 amide bonds. The molecule has 7 nitrogen and oxygen atoms in total. The van der Waals surface area contributed by atoms with Gasteiger partial charge in [0.15, 0.2) is 11.5 Å². The fraction of sp³-hybridized carbons (Fsp3) is 0.381. The molecular weight excluding hydrogens is 360 g/mol. The number of fused-ring (bicyclic) bond motifs is 1. The second-order valence-electron chi connectivity index (χ2n) is 6.46. The molecule has 0 atom stereocenters. The van der Waals surface area contributed by atoms with Gasteiger partial charge in [0.2, 0.25) is 12.7 Å². The van der Waals surface area contributed by atoms with Gasteiger partial charge in [-0.05, 0) is 55.9 Å². The van der Waals surface area contributed by atoms with Crippen molar-refractivity contribution in [2.24, 2.45) is 0 Å². The molecule has 1 N–H and O–H groups in total. The third-order valence-electron chi connectivity index (χ3n) is 4.13. The molecule has 3 rings (SSSR count). The smallest absolute Gasteiger partial charge is 0.234 e. The van der Waals surface area contributed by atoms with Gasteiger partial charge < -0.3 is 24.3 Å². The van der Waals surface area contributed by atoms with Crippen molar-refractivity contribution in [2.45, 2.75) is 13.5 Å². The number of likely N-dealkylation sites (N-methyl/N-ethyl adjacent to an activating group) is 1. The summed E-state index contributed by atoms with van der Waals surface area (Å²) in [5.41, 5.74) is 1.07. The van der Waals surface area contributed by atoms with Gasteiger partial charge in [-0.1, -0.05) is 6.07 Å². The Hall–Kier alpha value is -2.93. The van der Waals surface area contributed by atoms with Gasteiger partial charge in [-0.2, -0.15) is 0 Å². The Balaban J connectivity index is 1.33. The van der Waals surface area contributed by atoms with Crippen molar-refractivity contribution in [1.29, 1.82) is 0 Å². The van der Waals surface area contributed by atoms with Crippen molar-refractivity contribution in [3.05, 3.63) is 48.0 Å². The van der Waals surface area contributed by atoms with Crippen LogP contribution in [0.15, 0.2) is 42.5 Å². The van der Waals surface area contributed by atoms with E-state index in [-0.39, 0.29) is 12.7 Å². The standard InChI is InChI=1S/C21H26N2O5/c1-3-25-17-5-7-18(8-6-17)26-11-10-22-21(24)14-23(2)13-16-4-9-19-20(12-16)28-15-27-19/h4-9,12H,3,10-11,13-15H2,1-2H3,(H,22,24). The van der Waals surface area contributed by atoms with Crippen LogP contribution < -0.4 is 24.3 Å². The molecular formula is C21H26N2O5. The number of rotatable bonds is 10. The molecule has 2 aromatic rings. The average Bonchev–Trinajstić information content (AvgIpc) is 3.14. The Morgan fingerprint density at radius 1 is 1.07 bits per heavy atom. The Labute approximate surface area is 165 Å². The summed E-state index contributed by atoms with van der Waals surface area (Å²) in [5, 5.41) is 2.87. The van der Waals surface area contributed by atoms with Gasteiger partial charge in [0.05, 0.1) is 19.7 Å². The molecule has 0 aliphatic carbocycles. The van der Waals surface area contributed by atoms with Crippen LogP contribution in [0.25, 0.3) is 0 Å². The van der Waals surface area contributed by atoms with Crippen molar-refractivity contribution in [1.82, 2.24) is 10.2 Å². The van der Waals surface area contributed by atoms with E-state index in [4.69, 9.17) is 18.9 Å². The number of carbonyl (C=O) groups is 1. The Morgan fingerprint density at radius 2 is 1.79 bits per heavy atom. The average molecular weight is 386 g/mol. The van der Waals surface area contributed by atoms with Crippen molar-refractivity contribution in [2.75, 3.05) is 40.1 Å². The van der Waals surface area contributed by atoms with Gasteiger partial charge in [-0.25, -0.2) is 0 Å². The van der Waals surface area contributed by atoms with Crippen LogP contribution in [0.5, 0.6) is 23.0 Å². The third kappa shape index (κ3) is 5.79. The summed E-state index contributed by atoms with van der Waals surface area (Å²) in [6, 6.07) is 13.3. The van der Waals surface area contributed by atoms with Crippen LogP contribution in [0.2, 0.25) is 0 Å². The molecule has 0 saturated heterocycles. The summed E-state index contributed by atoms with van der Waals surface area (Å²) in [7, 11) is 1.90. The van der Waals surface area contributed by atoms with E-state index in [1.165, 1.54) is 0 Å². The molecule has 28 heavy (non-hydrogen) atoms. The van der Waals surface area contributed by atoms with E-state index in [9.17, 15) is 4.79 Å². The lowest BCUT2D eigenvalue weighted by molar-refractivity contribution is -0.122. The number of benzene rings is 2. The lowest BCUT2D eigenvalue weighted by Crippen LogP contribution is -2.36. The molecule has 1 heterocycles. The molecule has 0 spiro atoms. The summed E-state index contributed by atoms with van der Waals surface area (Å²) in [6.07, 6.45) is 0. The zero-order chi connectivity index (χ0) is 19.8. The van der Waals surface area contributed by atoms with Gasteiger partial charge in [0.25, 0.3) is 0 Å². The van der Waals surface area contributed by atoms with Crippen molar-refractivity contribution in [3.8, 4) is 23.0 Å². The highest BCUT2D eigenvalue weighted by atomic mass is 16.7. The minimum atomic E-state index is -0.0430. The third-order valence-corrected chi connectivity index (χ3v) is 4.13. The molecule has 0 unspecified atom stereocenters. The number of carbonyl (C=O) groups excluding carboxylic acids is 1. The lowest BCUT2D eigenvalue weighted by Gasteiger charge is -2.16.